The van der Waals surface area contributed by atoms with Crippen molar-refractivity contribution in [1.82, 2.24) is 5.32 Å². The summed E-state index contributed by atoms with van der Waals surface area (Å²) >= 11 is 0. The number of carbonyl (C=O) groups excluding carboxylic acids is 1. The van der Waals surface area contributed by atoms with Crippen molar-refractivity contribution in [3.63, 3.8) is 0 Å². The maximum atomic E-state index is 11.2. The van der Waals surface area contributed by atoms with Crippen LogP contribution in [0.4, 0.5) is 0 Å². The van der Waals surface area contributed by atoms with Gasteiger partial charge >= 0.3 is 0 Å². The van der Waals surface area contributed by atoms with Gasteiger partial charge in [-0.3, -0.25) is 4.79 Å². The average Bonchev–Trinajstić information content (AvgIpc) is 2.28. The Bertz CT molecular complexity index is 327. The molecule has 1 rings (SSSR count). The molecule has 4 nitrogen and oxygen atoms in total. The van der Waals surface area contributed by atoms with Gasteiger partial charge in [0.2, 0.25) is 5.91 Å². The van der Waals surface area contributed by atoms with Gasteiger partial charge in [0.1, 0.15) is 11.5 Å². The van der Waals surface area contributed by atoms with Gasteiger partial charge in [-0.15, -0.1) is 0 Å². The number of amides is 1. The number of hydrogen-bond donors (Lipinski definition) is 1. The molecule has 0 radical (unpaired) electrons. The lowest BCUT2D eigenvalue weighted by atomic mass is 10.1. The SMILES string of the molecule is CNC(=O)Cc1cc(OC)cc(OC)c1. The first-order valence-electron chi connectivity index (χ1n) is 4.62. The topological polar surface area (TPSA) is 47.6 Å². The highest BCUT2D eigenvalue weighted by atomic mass is 16.5. The van der Waals surface area contributed by atoms with E-state index in [2.05, 4.69) is 5.32 Å². The summed E-state index contributed by atoms with van der Waals surface area (Å²) in [6.07, 6.45) is 0.323. The normalized spacial score (nSPS) is 9.53. The molecule has 1 aromatic carbocycles. The van der Waals surface area contributed by atoms with Crippen LogP contribution in [0.15, 0.2) is 18.2 Å². The van der Waals surface area contributed by atoms with Crippen molar-refractivity contribution in [3.8, 4) is 11.5 Å². The fraction of sp³-hybridized carbons (Fsp3) is 0.364. The van der Waals surface area contributed by atoms with Crippen LogP contribution in [-0.4, -0.2) is 27.2 Å². The van der Waals surface area contributed by atoms with Gasteiger partial charge in [0, 0.05) is 13.1 Å². The summed E-state index contributed by atoms with van der Waals surface area (Å²) in [6, 6.07) is 5.41. The van der Waals surface area contributed by atoms with Crippen molar-refractivity contribution in [1.29, 1.82) is 0 Å². The smallest absolute Gasteiger partial charge is 0.224 e. The van der Waals surface area contributed by atoms with Crippen molar-refractivity contribution in [2.24, 2.45) is 0 Å². The van der Waals surface area contributed by atoms with Crippen molar-refractivity contribution in [2.45, 2.75) is 6.42 Å². The minimum atomic E-state index is -0.0368. The number of benzene rings is 1. The highest BCUT2D eigenvalue weighted by molar-refractivity contribution is 5.78. The molecule has 0 aromatic heterocycles. The van der Waals surface area contributed by atoms with Crippen LogP contribution in [-0.2, 0) is 11.2 Å². The molecule has 1 aromatic rings. The molecule has 0 saturated carbocycles. The molecular weight excluding hydrogens is 194 g/mol. The van der Waals surface area contributed by atoms with E-state index in [-0.39, 0.29) is 5.91 Å². The van der Waals surface area contributed by atoms with Crippen LogP contribution in [0.2, 0.25) is 0 Å². The molecule has 15 heavy (non-hydrogen) atoms. The molecule has 1 amide bonds. The number of nitrogens with one attached hydrogen (secondary N) is 1. The van der Waals surface area contributed by atoms with E-state index in [0.717, 1.165) is 5.56 Å². The first-order chi connectivity index (χ1) is 7.19. The molecule has 0 bridgehead atoms. The van der Waals surface area contributed by atoms with E-state index in [1.807, 2.05) is 12.1 Å². The molecule has 0 atom stereocenters. The fourth-order valence-electron chi connectivity index (χ4n) is 1.24. The Morgan fingerprint density at radius 1 is 1.20 bits per heavy atom. The average molecular weight is 209 g/mol. The summed E-state index contributed by atoms with van der Waals surface area (Å²) in [7, 11) is 4.77. The zero-order valence-electron chi connectivity index (χ0n) is 9.16. The maximum Gasteiger partial charge on any atom is 0.224 e. The summed E-state index contributed by atoms with van der Waals surface area (Å²) < 4.78 is 10.2. The quantitative estimate of drug-likeness (QED) is 0.804. The first-order valence-corrected chi connectivity index (χ1v) is 4.62. The minimum absolute atomic E-state index is 0.0368. The summed E-state index contributed by atoms with van der Waals surface area (Å²) in [5.41, 5.74) is 0.866. The summed E-state index contributed by atoms with van der Waals surface area (Å²) in [5, 5.41) is 2.57. The van der Waals surface area contributed by atoms with Crippen LogP contribution in [0.25, 0.3) is 0 Å². The first kappa shape index (κ1) is 11.4. The molecule has 4 heteroatoms. The summed E-state index contributed by atoms with van der Waals surface area (Å²) in [4.78, 5) is 11.2. The third kappa shape index (κ3) is 3.16. The fourth-order valence-corrected chi connectivity index (χ4v) is 1.24. The highest BCUT2D eigenvalue weighted by Crippen LogP contribution is 2.22. The molecule has 0 fully saturated rings. The van der Waals surface area contributed by atoms with Gasteiger partial charge < -0.3 is 14.8 Å². The van der Waals surface area contributed by atoms with Gasteiger partial charge in [-0.1, -0.05) is 0 Å². The van der Waals surface area contributed by atoms with E-state index in [0.29, 0.717) is 17.9 Å². The lowest BCUT2D eigenvalue weighted by Crippen LogP contribution is -2.19. The molecule has 0 aliphatic rings. The Balaban J connectivity index is 2.91. The maximum absolute atomic E-state index is 11.2. The number of hydrogen-bond acceptors (Lipinski definition) is 3. The van der Waals surface area contributed by atoms with Crippen LogP contribution < -0.4 is 14.8 Å². The van der Waals surface area contributed by atoms with Crippen LogP contribution in [0, 0.1) is 0 Å². The highest BCUT2D eigenvalue weighted by Gasteiger charge is 2.05. The van der Waals surface area contributed by atoms with Gasteiger partial charge in [0.05, 0.1) is 20.6 Å². The lowest BCUT2D eigenvalue weighted by molar-refractivity contribution is -0.119. The van der Waals surface area contributed by atoms with E-state index in [1.54, 1.807) is 27.3 Å². The minimum Gasteiger partial charge on any atom is -0.497 e. The molecule has 0 heterocycles. The largest absolute Gasteiger partial charge is 0.497 e. The Morgan fingerprint density at radius 3 is 2.13 bits per heavy atom. The Labute approximate surface area is 89.2 Å². The molecule has 0 aliphatic heterocycles. The second kappa shape index (κ2) is 5.24. The third-order valence-corrected chi connectivity index (χ3v) is 2.05. The van der Waals surface area contributed by atoms with Gasteiger partial charge in [-0.2, -0.15) is 0 Å². The zero-order chi connectivity index (χ0) is 11.3. The molecular formula is C11H15NO3. The third-order valence-electron chi connectivity index (χ3n) is 2.05. The van der Waals surface area contributed by atoms with Gasteiger partial charge in [-0.25, -0.2) is 0 Å². The van der Waals surface area contributed by atoms with Gasteiger partial charge in [0.25, 0.3) is 0 Å². The second-order valence-electron chi connectivity index (χ2n) is 3.07. The van der Waals surface area contributed by atoms with Crippen LogP contribution in [0.3, 0.4) is 0 Å². The molecule has 82 valence electrons. The molecule has 0 unspecified atom stereocenters. The van der Waals surface area contributed by atoms with E-state index in [9.17, 15) is 4.79 Å². The number of carbonyl (C=O) groups is 1. The zero-order valence-corrected chi connectivity index (χ0v) is 9.16. The van der Waals surface area contributed by atoms with E-state index in [1.165, 1.54) is 0 Å². The predicted molar refractivity (Wildman–Crippen MR) is 57.3 cm³/mol. The number of ether oxygens (including phenoxy) is 2. The van der Waals surface area contributed by atoms with Crippen molar-refractivity contribution in [3.05, 3.63) is 23.8 Å². The van der Waals surface area contributed by atoms with Crippen molar-refractivity contribution < 1.29 is 14.3 Å². The monoisotopic (exact) mass is 209 g/mol. The number of likely N-dealkylation sites (N-methyl/N-ethyl adjacent to an activating group) is 1. The Kier molecular flexibility index (Phi) is 3.97. The van der Waals surface area contributed by atoms with Crippen LogP contribution in [0.5, 0.6) is 11.5 Å². The van der Waals surface area contributed by atoms with E-state index in [4.69, 9.17) is 9.47 Å². The number of rotatable bonds is 4. The molecule has 0 spiro atoms. The summed E-state index contributed by atoms with van der Waals surface area (Å²) in [6.45, 7) is 0. The van der Waals surface area contributed by atoms with Gasteiger partial charge in [0.15, 0.2) is 0 Å². The Hall–Kier alpha value is -1.71. The van der Waals surface area contributed by atoms with Gasteiger partial charge in [-0.05, 0) is 17.7 Å². The number of methoxy groups -OCH3 is 2. The molecule has 1 N–H and O–H groups in total. The second-order valence-corrected chi connectivity index (χ2v) is 3.07. The molecule has 0 aliphatic carbocycles. The predicted octanol–water partition coefficient (Wildman–Crippen LogP) is 0.992. The van der Waals surface area contributed by atoms with Crippen molar-refractivity contribution in [2.75, 3.05) is 21.3 Å². The lowest BCUT2D eigenvalue weighted by Gasteiger charge is -2.07. The molecule has 0 saturated heterocycles. The Morgan fingerprint density at radius 2 is 1.73 bits per heavy atom. The summed E-state index contributed by atoms with van der Waals surface area (Å²) in [5.74, 6) is 1.34. The van der Waals surface area contributed by atoms with E-state index >= 15 is 0 Å². The van der Waals surface area contributed by atoms with Crippen molar-refractivity contribution >= 4 is 5.91 Å². The van der Waals surface area contributed by atoms with E-state index < -0.39 is 0 Å². The van der Waals surface area contributed by atoms with Crippen LogP contribution >= 0.6 is 0 Å². The van der Waals surface area contributed by atoms with Crippen LogP contribution in [0.1, 0.15) is 5.56 Å². The standard InChI is InChI=1S/C11H15NO3/c1-12-11(13)6-8-4-9(14-2)7-10(5-8)15-3/h4-5,7H,6H2,1-3H3,(H,12,13).